The number of hydrogen-bond donors (Lipinski definition) is 1. The predicted octanol–water partition coefficient (Wildman–Crippen LogP) is 3.91. The number of hydrogen-bond acceptors (Lipinski definition) is 3. The van der Waals surface area contributed by atoms with Gasteiger partial charge in [-0.15, -0.1) is 0 Å². The number of nitrogens with zero attached hydrogens (tertiary/aromatic N) is 3. The van der Waals surface area contributed by atoms with Gasteiger partial charge in [-0.2, -0.15) is 26.3 Å². The number of benzene rings is 1. The molecule has 0 radical (unpaired) electrons. The summed E-state index contributed by atoms with van der Waals surface area (Å²) in [6, 6.07) is 4.54. The molecule has 0 saturated carbocycles. The quantitative estimate of drug-likeness (QED) is 0.744. The SMILES string of the molecule is CC(O)(C(=O)N1CCC(c2cncn2-c2ccc(C(F)(F)F)cc2)CC1)C(F)(F)F. The first-order valence-electron chi connectivity index (χ1n) is 9.10. The number of rotatable bonds is 3. The third kappa shape index (κ3) is 4.16. The van der Waals surface area contributed by atoms with Crippen molar-refractivity contribution in [1.29, 1.82) is 0 Å². The summed E-state index contributed by atoms with van der Waals surface area (Å²) in [7, 11) is 0. The summed E-state index contributed by atoms with van der Waals surface area (Å²) < 4.78 is 78.6. The highest BCUT2D eigenvalue weighted by molar-refractivity contribution is 5.85. The van der Waals surface area contributed by atoms with Gasteiger partial charge in [-0.1, -0.05) is 0 Å². The van der Waals surface area contributed by atoms with Gasteiger partial charge in [-0.05, 0) is 44.0 Å². The van der Waals surface area contributed by atoms with Gasteiger partial charge in [0.1, 0.15) is 0 Å². The van der Waals surface area contributed by atoms with Crippen LogP contribution in [-0.4, -0.2) is 50.3 Å². The van der Waals surface area contributed by atoms with Gasteiger partial charge in [0.25, 0.3) is 5.91 Å². The zero-order chi connectivity index (χ0) is 22.3. The zero-order valence-corrected chi connectivity index (χ0v) is 15.8. The number of alkyl halides is 6. The van der Waals surface area contributed by atoms with Crippen LogP contribution in [0, 0.1) is 0 Å². The number of imidazole rings is 1. The van der Waals surface area contributed by atoms with Gasteiger partial charge in [0, 0.05) is 36.6 Å². The van der Waals surface area contributed by atoms with Crippen LogP contribution in [0.3, 0.4) is 0 Å². The molecular formula is C19H19F6N3O2. The highest BCUT2D eigenvalue weighted by Crippen LogP contribution is 2.35. The zero-order valence-electron chi connectivity index (χ0n) is 15.8. The Morgan fingerprint density at radius 1 is 1.07 bits per heavy atom. The van der Waals surface area contributed by atoms with Crippen LogP contribution in [0.15, 0.2) is 36.8 Å². The van der Waals surface area contributed by atoms with Crippen molar-refractivity contribution < 1.29 is 36.2 Å². The van der Waals surface area contributed by atoms with Crippen LogP contribution in [0.4, 0.5) is 26.3 Å². The van der Waals surface area contributed by atoms with Gasteiger partial charge in [-0.25, -0.2) is 4.98 Å². The van der Waals surface area contributed by atoms with Crippen LogP contribution in [-0.2, 0) is 11.0 Å². The summed E-state index contributed by atoms with van der Waals surface area (Å²) in [5.41, 5.74) is -3.09. The molecule has 1 amide bonds. The average Bonchev–Trinajstić information content (AvgIpc) is 3.16. The molecule has 3 rings (SSSR count). The molecule has 2 heterocycles. The van der Waals surface area contributed by atoms with E-state index in [0.717, 1.165) is 17.0 Å². The summed E-state index contributed by atoms with van der Waals surface area (Å²) in [5.74, 6) is -1.56. The third-order valence-corrected chi connectivity index (χ3v) is 5.31. The van der Waals surface area contributed by atoms with Crippen molar-refractivity contribution in [3.05, 3.63) is 48.0 Å². The topological polar surface area (TPSA) is 58.4 Å². The fourth-order valence-corrected chi connectivity index (χ4v) is 3.44. The molecule has 5 nitrogen and oxygen atoms in total. The van der Waals surface area contributed by atoms with E-state index in [1.807, 2.05) is 0 Å². The summed E-state index contributed by atoms with van der Waals surface area (Å²) in [5, 5.41) is 9.58. The molecule has 164 valence electrons. The molecule has 0 aliphatic carbocycles. The number of piperidine rings is 1. The lowest BCUT2D eigenvalue weighted by Crippen LogP contribution is -2.57. The molecule has 1 aliphatic rings. The average molecular weight is 435 g/mol. The summed E-state index contributed by atoms with van der Waals surface area (Å²) in [6.45, 7) is 0.447. The Morgan fingerprint density at radius 3 is 2.13 bits per heavy atom. The van der Waals surface area contributed by atoms with E-state index in [-0.39, 0.29) is 19.0 Å². The van der Waals surface area contributed by atoms with Crippen molar-refractivity contribution in [3.63, 3.8) is 0 Å². The van der Waals surface area contributed by atoms with E-state index in [4.69, 9.17) is 0 Å². The lowest BCUT2D eigenvalue weighted by Gasteiger charge is -2.36. The molecule has 1 N–H and O–H groups in total. The number of carbonyl (C=O) groups is 1. The molecule has 1 unspecified atom stereocenters. The predicted molar refractivity (Wildman–Crippen MR) is 93.8 cm³/mol. The number of halogens is 6. The van der Waals surface area contributed by atoms with E-state index in [1.54, 1.807) is 10.8 Å². The van der Waals surface area contributed by atoms with Crippen molar-refractivity contribution in [2.75, 3.05) is 13.1 Å². The van der Waals surface area contributed by atoms with Gasteiger partial charge in [0.05, 0.1) is 11.9 Å². The molecule has 0 spiro atoms. The molecule has 11 heteroatoms. The summed E-state index contributed by atoms with van der Waals surface area (Å²) in [4.78, 5) is 17.1. The van der Waals surface area contributed by atoms with E-state index < -0.39 is 29.4 Å². The van der Waals surface area contributed by atoms with Gasteiger partial charge in [0.15, 0.2) is 0 Å². The molecule has 1 saturated heterocycles. The number of likely N-dealkylation sites (tertiary alicyclic amines) is 1. The Labute approximate surface area is 167 Å². The second-order valence-corrected chi connectivity index (χ2v) is 7.37. The van der Waals surface area contributed by atoms with Crippen LogP contribution < -0.4 is 0 Å². The number of aliphatic hydroxyl groups is 1. The minimum absolute atomic E-state index is 0.00786. The number of carbonyl (C=O) groups excluding carboxylic acids is 1. The second kappa shape index (κ2) is 7.60. The fourth-order valence-electron chi connectivity index (χ4n) is 3.44. The first-order valence-corrected chi connectivity index (χ1v) is 9.10. The molecule has 1 aromatic heterocycles. The van der Waals surface area contributed by atoms with Gasteiger partial charge in [-0.3, -0.25) is 4.79 Å². The lowest BCUT2D eigenvalue weighted by molar-refractivity contribution is -0.250. The first-order chi connectivity index (χ1) is 13.8. The Hall–Kier alpha value is -2.56. The lowest BCUT2D eigenvalue weighted by atomic mass is 9.92. The number of aromatic nitrogens is 2. The molecule has 1 aliphatic heterocycles. The Balaban J connectivity index is 1.72. The van der Waals surface area contributed by atoms with Crippen LogP contribution in [0.5, 0.6) is 0 Å². The van der Waals surface area contributed by atoms with Gasteiger partial charge < -0.3 is 14.6 Å². The van der Waals surface area contributed by atoms with Crippen molar-refractivity contribution in [3.8, 4) is 5.69 Å². The molecule has 1 atom stereocenters. The fraction of sp³-hybridized carbons (Fsp3) is 0.474. The van der Waals surface area contributed by atoms with E-state index in [9.17, 15) is 36.2 Å². The summed E-state index contributed by atoms with van der Waals surface area (Å²) >= 11 is 0. The maximum Gasteiger partial charge on any atom is 0.426 e. The van der Waals surface area contributed by atoms with Crippen LogP contribution in [0.1, 0.15) is 36.9 Å². The van der Waals surface area contributed by atoms with Crippen LogP contribution in [0.25, 0.3) is 5.69 Å². The minimum Gasteiger partial charge on any atom is -0.373 e. The van der Waals surface area contributed by atoms with Crippen molar-refractivity contribution in [2.24, 2.45) is 0 Å². The van der Waals surface area contributed by atoms with Gasteiger partial charge >= 0.3 is 12.4 Å². The van der Waals surface area contributed by atoms with E-state index in [2.05, 4.69) is 4.98 Å². The largest absolute Gasteiger partial charge is 0.426 e. The van der Waals surface area contributed by atoms with E-state index >= 15 is 0 Å². The Kier molecular flexibility index (Phi) is 5.61. The highest BCUT2D eigenvalue weighted by Gasteiger charge is 2.57. The standard InChI is InChI=1S/C19H19F6N3O2/c1-17(30,19(23,24)25)16(29)27-8-6-12(7-9-27)15-10-26-11-28(15)14-4-2-13(3-5-14)18(20,21)22/h2-5,10-12,30H,6-9H2,1H3. The minimum atomic E-state index is -5.08. The van der Waals surface area contributed by atoms with Crippen molar-refractivity contribution >= 4 is 5.91 Å². The highest BCUT2D eigenvalue weighted by atomic mass is 19.4. The summed E-state index contributed by atoms with van der Waals surface area (Å²) in [6.07, 6.45) is -5.89. The molecule has 1 fully saturated rings. The van der Waals surface area contributed by atoms with Crippen molar-refractivity contribution in [2.45, 2.75) is 43.6 Å². The molecule has 2 aromatic rings. The van der Waals surface area contributed by atoms with Crippen molar-refractivity contribution in [1.82, 2.24) is 14.5 Å². The Bertz CT molecular complexity index is 894. The molecular weight excluding hydrogens is 416 g/mol. The van der Waals surface area contributed by atoms with E-state index in [0.29, 0.717) is 31.1 Å². The van der Waals surface area contributed by atoms with Gasteiger partial charge in [0.2, 0.25) is 5.60 Å². The van der Waals surface area contributed by atoms with E-state index in [1.165, 1.54) is 18.5 Å². The second-order valence-electron chi connectivity index (χ2n) is 7.37. The normalized spacial score (nSPS) is 18.3. The monoisotopic (exact) mass is 435 g/mol. The third-order valence-electron chi connectivity index (χ3n) is 5.31. The van der Waals surface area contributed by atoms with Crippen LogP contribution >= 0.6 is 0 Å². The Morgan fingerprint density at radius 2 is 1.63 bits per heavy atom. The van der Waals surface area contributed by atoms with Crippen LogP contribution in [0.2, 0.25) is 0 Å². The molecule has 0 bridgehead atoms. The first kappa shape index (κ1) is 22.1. The number of amides is 1. The molecule has 1 aromatic carbocycles. The maximum absolute atomic E-state index is 12.9. The smallest absolute Gasteiger partial charge is 0.373 e. The maximum atomic E-state index is 12.9. The molecule has 30 heavy (non-hydrogen) atoms.